The molecule has 0 aromatic heterocycles. The van der Waals surface area contributed by atoms with E-state index in [1.54, 1.807) is 32.4 Å². The Morgan fingerprint density at radius 2 is 1.75 bits per heavy atom. The van der Waals surface area contributed by atoms with Crippen molar-refractivity contribution in [3.8, 4) is 17.2 Å². The molecule has 1 aliphatic rings. The molecule has 0 saturated carbocycles. The molecule has 0 spiro atoms. The third kappa shape index (κ3) is 7.53. The number of likely N-dealkylation sites (tertiary alicyclic amines) is 1. The fourth-order valence-corrected chi connectivity index (χ4v) is 5.20. The first kappa shape index (κ1) is 28.1. The number of nitrogens with two attached hydrogens (primary N) is 1. The largest absolute Gasteiger partial charge is 0.497 e. The summed E-state index contributed by atoms with van der Waals surface area (Å²) in [6.07, 6.45) is 6.25. The maximum absolute atomic E-state index is 13.5. The fraction of sp³-hybridized carbons (Fsp3) is 0.552. The van der Waals surface area contributed by atoms with E-state index >= 15 is 0 Å². The molecule has 198 valence electrons. The fourth-order valence-electron chi connectivity index (χ4n) is 5.04. The average molecular weight is 517 g/mol. The van der Waals surface area contributed by atoms with Crippen molar-refractivity contribution in [3.05, 3.63) is 46.5 Å². The third-order valence-corrected chi connectivity index (χ3v) is 7.63. The first-order valence-corrected chi connectivity index (χ1v) is 13.5. The molecule has 1 aliphatic heterocycles. The van der Waals surface area contributed by atoms with Crippen LogP contribution in [0.2, 0.25) is 5.02 Å². The highest BCUT2D eigenvalue weighted by Crippen LogP contribution is 2.35. The first-order valence-electron chi connectivity index (χ1n) is 13.1. The number of benzene rings is 2. The number of ketones is 1. The van der Waals surface area contributed by atoms with Crippen LogP contribution in [0.4, 0.5) is 5.69 Å². The number of unbranched alkanes of at least 4 members (excludes halogenated alkanes) is 1. The predicted octanol–water partition coefficient (Wildman–Crippen LogP) is 6.63. The van der Waals surface area contributed by atoms with Crippen molar-refractivity contribution >= 4 is 23.1 Å². The molecule has 1 unspecified atom stereocenters. The van der Waals surface area contributed by atoms with Crippen LogP contribution in [0, 0.1) is 11.8 Å². The second kappa shape index (κ2) is 13.8. The van der Waals surface area contributed by atoms with Crippen LogP contribution in [0.1, 0.15) is 68.3 Å². The van der Waals surface area contributed by atoms with E-state index < -0.39 is 0 Å². The van der Waals surface area contributed by atoms with Crippen molar-refractivity contribution in [1.82, 2.24) is 4.90 Å². The number of nitrogens with zero attached hydrogens (tertiary/aromatic N) is 1. The molecule has 1 heterocycles. The van der Waals surface area contributed by atoms with Gasteiger partial charge in [0, 0.05) is 18.6 Å². The van der Waals surface area contributed by atoms with E-state index in [9.17, 15) is 4.79 Å². The molecule has 0 aliphatic carbocycles. The molecule has 1 fully saturated rings. The summed E-state index contributed by atoms with van der Waals surface area (Å²) < 4.78 is 16.8. The molecular weight excluding hydrogens is 476 g/mol. The molecule has 2 aromatic carbocycles. The van der Waals surface area contributed by atoms with Gasteiger partial charge in [-0.1, -0.05) is 38.3 Å². The normalized spacial score (nSPS) is 15.5. The third-order valence-electron chi connectivity index (χ3n) is 7.30. The van der Waals surface area contributed by atoms with Gasteiger partial charge in [0.25, 0.3) is 0 Å². The maximum atomic E-state index is 13.5. The number of nitrogen functional groups attached to an aromatic ring is 1. The lowest BCUT2D eigenvalue weighted by Gasteiger charge is -2.35. The van der Waals surface area contributed by atoms with E-state index in [1.807, 2.05) is 12.1 Å². The van der Waals surface area contributed by atoms with Gasteiger partial charge in [0.05, 0.1) is 30.5 Å². The number of ether oxygens (including phenoxy) is 3. The number of piperidine rings is 1. The van der Waals surface area contributed by atoms with Gasteiger partial charge >= 0.3 is 0 Å². The summed E-state index contributed by atoms with van der Waals surface area (Å²) in [7, 11) is 3.21. The summed E-state index contributed by atoms with van der Waals surface area (Å²) in [6.45, 7) is 8.10. The number of methoxy groups -OCH3 is 2. The quantitative estimate of drug-likeness (QED) is 0.238. The number of halogens is 1. The van der Waals surface area contributed by atoms with Gasteiger partial charge in [-0.05, 0) is 74.5 Å². The molecule has 3 rings (SSSR count). The summed E-state index contributed by atoms with van der Waals surface area (Å²) in [6, 6.07) is 8.87. The van der Waals surface area contributed by atoms with Crippen LogP contribution in [0.3, 0.4) is 0 Å². The van der Waals surface area contributed by atoms with E-state index in [0.717, 1.165) is 37.9 Å². The summed E-state index contributed by atoms with van der Waals surface area (Å²) >= 11 is 6.33. The molecule has 2 aromatic rings. The Labute approximate surface area is 221 Å². The van der Waals surface area contributed by atoms with E-state index in [4.69, 9.17) is 31.5 Å². The van der Waals surface area contributed by atoms with E-state index in [2.05, 4.69) is 18.7 Å². The van der Waals surface area contributed by atoms with Gasteiger partial charge in [-0.15, -0.1) is 0 Å². The molecule has 1 atom stereocenters. The lowest BCUT2D eigenvalue weighted by Crippen LogP contribution is -2.37. The second-order valence-electron chi connectivity index (χ2n) is 9.71. The number of anilines is 1. The van der Waals surface area contributed by atoms with E-state index in [1.165, 1.54) is 19.4 Å². The zero-order chi connectivity index (χ0) is 26.1. The molecule has 0 amide bonds. The Morgan fingerprint density at radius 1 is 1.08 bits per heavy atom. The highest BCUT2D eigenvalue weighted by Gasteiger charge is 2.28. The maximum Gasteiger partial charge on any atom is 0.166 e. The topological polar surface area (TPSA) is 74.0 Å². The molecule has 6 nitrogen and oxygen atoms in total. The Bertz CT molecular complexity index is 983. The van der Waals surface area contributed by atoms with Gasteiger partial charge < -0.3 is 24.8 Å². The molecule has 1 saturated heterocycles. The summed E-state index contributed by atoms with van der Waals surface area (Å²) in [4.78, 5) is 16.1. The van der Waals surface area contributed by atoms with Crippen molar-refractivity contribution < 1.29 is 19.0 Å². The standard InChI is InChI=1S/C29H41ClN2O4/c1-5-7-10-32-11-8-22(9-12-32)21(6-2)15-28(33)25-17-26(30)27(31)18-29(25)36-19-20-13-23(34-3)16-24(14-20)35-4/h13-14,16-18,21-22H,5-12,15,19,31H2,1-4H3. The number of carbonyl (C=O) groups is 1. The zero-order valence-electron chi connectivity index (χ0n) is 22.1. The average Bonchev–Trinajstić information content (AvgIpc) is 2.90. The number of hydrogen-bond acceptors (Lipinski definition) is 6. The van der Waals surface area contributed by atoms with E-state index in [-0.39, 0.29) is 12.4 Å². The Hall–Kier alpha value is -2.44. The summed E-state index contributed by atoms with van der Waals surface area (Å²) in [5.74, 6) is 2.76. The zero-order valence-corrected chi connectivity index (χ0v) is 22.9. The van der Waals surface area contributed by atoms with Gasteiger partial charge in [-0.2, -0.15) is 0 Å². The lowest BCUT2D eigenvalue weighted by atomic mass is 9.79. The van der Waals surface area contributed by atoms with Crippen molar-refractivity contribution in [3.63, 3.8) is 0 Å². The smallest absolute Gasteiger partial charge is 0.166 e. The Morgan fingerprint density at radius 3 is 2.33 bits per heavy atom. The van der Waals surface area contributed by atoms with Crippen LogP contribution < -0.4 is 19.9 Å². The van der Waals surface area contributed by atoms with Crippen molar-refractivity contribution in [2.75, 3.05) is 39.6 Å². The van der Waals surface area contributed by atoms with Crippen LogP contribution >= 0.6 is 11.6 Å². The SMILES string of the molecule is CCCCN1CCC(C(CC)CC(=O)c2cc(Cl)c(N)cc2OCc2cc(OC)cc(OC)c2)CC1. The second-order valence-corrected chi connectivity index (χ2v) is 10.1. The molecule has 2 N–H and O–H groups in total. The van der Waals surface area contributed by atoms with Gasteiger partial charge in [0.1, 0.15) is 23.9 Å². The monoisotopic (exact) mass is 516 g/mol. The van der Waals surface area contributed by atoms with Crippen LogP contribution in [-0.2, 0) is 6.61 Å². The molecule has 36 heavy (non-hydrogen) atoms. The van der Waals surface area contributed by atoms with Crippen LogP contribution in [0.15, 0.2) is 30.3 Å². The van der Waals surface area contributed by atoms with Gasteiger partial charge in [0.2, 0.25) is 0 Å². The van der Waals surface area contributed by atoms with Crippen LogP contribution in [-0.4, -0.2) is 44.5 Å². The van der Waals surface area contributed by atoms with Gasteiger partial charge in [0.15, 0.2) is 5.78 Å². The van der Waals surface area contributed by atoms with Crippen molar-refractivity contribution in [1.29, 1.82) is 0 Å². The molecule has 7 heteroatoms. The summed E-state index contributed by atoms with van der Waals surface area (Å²) in [5.41, 5.74) is 7.81. The highest BCUT2D eigenvalue weighted by molar-refractivity contribution is 6.33. The van der Waals surface area contributed by atoms with Crippen molar-refractivity contribution in [2.45, 2.75) is 59.0 Å². The number of Topliss-reactive ketones (excluding diaryl/α,β-unsaturated/α-hetero) is 1. The number of hydrogen-bond donors (Lipinski definition) is 1. The highest BCUT2D eigenvalue weighted by atomic mass is 35.5. The molecule has 0 bridgehead atoms. The van der Waals surface area contributed by atoms with Gasteiger partial charge in [-0.3, -0.25) is 4.79 Å². The van der Waals surface area contributed by atoms with Crippen LogP contribution in [0.25, 0.3) is 0 Å². The molecular formula is C29H41ClN2O4. The first-order chi connectivity index (χ1) is 17.4. The van der Waals surface area contributed by atoms with Crippen LogP contribution in [0.5, 0.6) is 17.2 Å². The molecule has 0 radical (unpaired) electrons. The Balaban J connectivity index is 1.71. The van der Waals surface area contributed by atoms with E-state index in [0.29, 0.717) is 51.8 Å². The summed E-state index contributed by atoms with van der Waals surface area (Å²) in [5, 5.41) is 0.367. The Kier molecular flexibility index (Phi) is 10.7. The minimum Gasteiger partial charge on any atom is -0.497 e. The minimum atomic E-state index is 0.0513. The predicted molar refractivity (Wildman–Crippen MR) is 147 cm³/mol. The van der Waals surface area contributed by atoms with Gasteiger partial charge in [-0.25, -0.2) is 0 Å². The lowest BCUT2D eigenvalue weighted by molar-refractivity contribution is 0.0893. The number of rotatable bonds is 13. The minimum absolute atomic E-state index is 0.0513. The van der Waals surface area contributed by atoms with Crippen molar-refractivity contribution in [2.24, 2.45) is 11.8 Å². The number of carbonyl (C=O) groups excluding carboxylic acids is 1.